The maximum Gasteiger partial charge on any atom is 0.269 e. The van der Waals surface area contributed by atoms with Crippen LogP contribution in [0, 0.1) is 30.9 Å². The van der Waals surface area contributed by atoms with E-state index < -0.39 is 4.92 Å². The Morgan fingerprint density at radius 3 is 1.81 bits per heavy atom. The van der Waals surface area contributed by atoms with Crippen molar-refractivity contribution in [1.82, 2.24) is 9.78 Å². The number of aryl methyl sites for hydroxylation is 1. The molecule has 0 aliphatic rings. The van der Waals surface area contributed by atoms with Crippen LogP contribution in [0.3, 0.4) is 0 Å². The normalized spacial score (nSPS) is 9.10. The van der Waals surface area contributed by atoms with Gasteiger partial charge in [0.1, 0.15) is 0 Å². The fourth-order valence-electron chi connectivity index (χ4n) is 1.69. The summed E-state index contributed by atoms with van der Waals surface area (Å²) in [5, 5.41) is 15.0. The molecule has 0 fully saturated rings. The van der Waals surface area contributed by atoms with Crippen molar-refractivity contribution in [1.29, 1.82) is 0 Å². The number of nitro groups is 1. The smallest absolute Gasteiger partial charge is 0.258 e. The van der Waals surface area contributed by atoms with E-state index in [2.05, 4.69) is 5.10 Å². The minimum absolute atomic E-state index is 0.0898. The Kier molecular flexibility index (Phi) is 7.97. The lowest BCUT2D eigenvalue weighted by Crippen LogP contribution is -1.99. The topological polar surface area (TPSA) is 61.0 Å². The van der Waals surface area contributed by atoms with Crippen LogP contribution in [0.5, 0.6) is 0 Å². The summed E-state index contributed by atoms with van der Waals surface area (Å²) in [5.41, 5.74) is 4.09. The Morgan fingerprint density at radius 2 is 1.48 bits per heavy atom. The number of nitro benzene ring substituents is 1. The number of hydrogen-bond donors (Lipinski definition) is 0. The second-order valence-electron chi connectivity index (χ2n) is 3.98. The third-order valence-electron chi connectivity index (χ3n) is 2.96. The third kappa shape index (κ3) is 4.41. The predicted octanol–water partition coefficient (Wildman–Crippen LogP) is 4.76. The van der Waals surface area contributed by atoms with Crippen molar-refractivity contribution in [2.45, 2.75) is 48.5 Å². The molecular weight excluding hydrogens is 266 g/mol. The van der Waals surface area contributed by atoms with Crippen LogP contribution in [0.15, 0.2) is 24.3 Å². The van der Waals surface area contributed by atoms with Crippen molar-refractivity contribution in [2.75, 3.05) is 0 Å². The van der Waals surface area contributed by atoms with Crippen LogP contribution in [-0.2, 0) is 0 Å². The highest BCUT2D eigenvalue weighted by Crippen LogP contribution is 2.19. The molecule has 5 heteroatoms. The van der Waals surface area contributed by atoms with Crippen LogP contribution >= 0.6 is 0 Å². The maximum atomic E-state index is 10.6. The van der Waals surface area contributed by atoms with Gasteiger partial charge in [-0.05, 0) is 38.5 Å². The molecule has 0 unspecified atom stereocenters. The van der Waals surface area contributed by atoms with E-state index in [0.29, 0.717) is 0 Å². The molecule has 1 heterocycles. The Hall–Kier alpha value is -2.17. The lowest BCUT2D eigenvalue weighted by Gasteiger charge is -2.03. The number of nitrogens with zero attached hydrogens (tertiary/aromatic N) is 3. The van der Waals surface area contributed by atoms with Crippen LogP contribution in [0.4, 0.5) is 5.69 Å². The first-order valence-electron chi connectivity index (χ1n) is 7.28. The maximum absolute atomic E-state index is 10.6. The minimum Gasteiger partial charge on any atom is -0.258 e. The summed E-state index contributed by atoms with van der Waals surface area (Å²) >= 11 is 0. The van der Waals surface area contributed by atoms with Gasteiger partial charge in [-0.2, -0.15) is 5.10 Å². The molecule has 0 amide bonds. The summed E-state index contributed by atoms with van der Waals surface area (Å²) in [6, 6.07) is 6.39. The van der Waals surface area contributed by atoms with Gasteiger partial charge >= 0.3 is 0 Å². The standard InChI is InChI=1S/C12H13N3O2.2C2H6/c1-8-9(2)13-14(10(8)3)11-4-6-12(7-5-11)15(16)17;2*1-2/h4-7H,1-3H3;2*1-2H3. The Balaban J connectivity index is 0.000000921. The van der Waals surface area contributed by atoms with Gasteiger partial charge in [0.25, 0.3) is 5.69 Å². The van der Waals surface area contributed by atoms with E-state index >= 15 is 0 Å². The van der Waals surface area contributed by atoms with E-state index in [0.717, 1.165) is 22.6 Å². The molecule has 1 aromatic heterocycles. The number of hydrogen-bond acceptors (Lipinski definition) is 3. The first-order chi connectivity index (χ1) is 10.0. The van der Waals surface area contributed by atoms with Crippen LogP contribution in [0.1, 0.15) is 44.6 Å². The monoisotopic (exact) mass is 291 g/mol. The van der Waals surface area contributed by atoms with E-state index in [1.807, 2.05) is 48.5 Å². The van der Waals surface area contributed by atoms with Crippen molar-refractivity contribution in [2.24, 2.45) is 0 Å². The molecule has 0 aliphatic heterocycles. The number of non-ortho nitro benzene ring substituents is 1. The van der Waals surface area contributed by atoms with Gasteiger partial charge in [-0.15, -0.1) is 0 Å². The zero-order valence-corrected chi connectivity index (χ0v) is 14.0. The van der Waals surface area contributed by atoms with E-state index in [-0.39, 0.29) is 5.69 Å². The molecule has 2 aromatic rings. The molecule has 0 N–H and O–H groups in total. The second-order valence-corrected chi connectivity index (χ2v) is 3.98. The van der Waals surface area contributed by atoms with Crippen molar-refractivity contribution in [3.8, 4) is 5.69 Å². The van der Waals surface area contributed by atoms with Crippen molar-refractivity contribution < 1.29 is 4.92 Å². The van der Waals surface area contributed by atoms with Gasteiger partial charge in [-0.1, -0.05) is 27.7 Å². The third-order valence-corrected chi connectivity index (χ3v) is 2.96. The average molecular weight is 291 g/mol. The van der Waals surface area contributed by atoms with E-state index in [4.69, 9.17) is 0 Å². The van der Waals surface area contributed by atoms with Gasteiger partial charge in [0.15, 0.2) is 0 Å². The number of aromatic nitrogens is 2. The second kappa shape index (κ2) is 8.89. The highest BCUT2D eigenvalue weighted by Gasteiger charge is 2.10. The summed E-state index contributed by atoms with van der Waals surface area (Å²) in [6.45, 7) is 13.9. The molecule has 0 spiro atoms. The number of rotatable bonds is 2. The van der Waals surface area contributed by atoms with Crippen LogP contribution in [-0.4, -0.2) is 14.7 Å². The summed E-state index contributed by atoms with van der Waals surface area (Å²) in [4.78, 5) is 10.2. The molecule has 0 aliphatic carbocycles. The molecule has 0 saturated carbocycles. The van der Waals surface area contributed by atoms with E-state index in [1.165, 1.54) is 12.1 Å². The minimum atomic E-state index is -0.407. The molecule has 0 radical (unpaired) electrons. The molecule has 0 saturated heterocycles. The molecule has 5 nitrogen and oxygen atoms in total. The fourth-order valence-corrected chi connectivity index (χ4v) is 1.69. The van der Waals surface area contributed by atoms with Crippen LogP contribution in [0.25, 0.3) is 5.69 Å². The van der Waals surface area contributed by atoms with E-state index in [9.17, 15) is 10.1 Å². The molecule has 116 valence electrons. The predicted molar refractivity (Wildman–Crippen MR) is 87.1 cm³/mol. The van der Waals surface area contributed by atoms with Gasteiger partial charge in [0.2, 0.25) is 0 Å². The highest BCUT2D eigenvalue weighted by atomic mass is 16.6. The van der Waals surface area contributed by atoms with Crippen molar-refractivity contribution in [3.05, 3.63) is 51.3 Å². The lowest BCUT2D eigenvalue weighted by molar-refractivity contribution is -0.384. The molecule has 1 aromatic carbocycles. The van der Waals surface area contributed by atoms with E-state index in [1.54, 1.807) is 16.8 Å². The first-order valence-corrected chi connectivity index (χ1v) is 7.28. The molecule has 0 atom stereocenters. The summed E-state index contributed by atoms with van der Waals surface area (Å²) in [7, 11) is 0. The van der Waals surface area contributed by atoms with Crippen molar-refractivity contribution in [3.63, 3.8) is 0 Å². The SMILES string of the molecule is CC.CC.Cc1nn(-c2ccc([N+](=O)[O-])cc2)c(C)c1C. The molecule has 21 heavy (non-hydrogen) atoms. The lowest BCUT2D eigenvalue weighted by atomic mass is 10.2. The Labute approximate surface area is 126 Å². The molecular formula is C16H25N3O2. The van der Waals surface area contributed by atoms with Gasteiger partial charge in [-0.3, -0.25) is 10.1 Å². The largest absolute Gasteiger partial charge is 0.269 e. The quantitative estimate of drug-likeness (QED) is 0.592. The van der Waals surface area contributed by atoms with Gasteiger partial charge < -0.3 is 0 Å². The highest BCUT2D eigenvalue weighted by molar-refractivity contribution is 5.42. The number of benzene rings is 1. The van der Waals surface area contributed by atoms with Crippen LogP contribution < -0.4 is 0 Å². The Morgan fingerprint density at radius 1 is 1.00 bits per heavy atom. The van der Waals surface area contributed by atoms with Gasteiger partial charge in [-0.25, -0.2) is 4.68 Å². The summed E-state index contributed by atoms with van der Waals surface area (Å²) in [5.74, 6) is 0. The average Bonchev–Trinajstić information content (AvgIpc) is 2.79. The zero-order chi connectivity index (χ0) is 16.6. The molecule has 2 rings (SSSR count). The fraction of sp³-hybridized carbons (Fsp3) is 0.438. The summed E-state index contributed by atoms with van der Waals surface area (Å²) < 4.78 is 1.80. The zero-order valence-electron chi connectivity index (χ0n) is 14.0. The molecule has 0 bridgehead atoms. The van der Waals surface area contributed by atoms with Crippen LogP contribution in [0.2, 0.25) is 0 Å². The summed E-state index contributed by atoms with van der Waals surface area (Å²) in [6.07, 6.45) is 0. The van der Waals surface area contributed by atoms with Crippen molar-refractivity contribution >= 4 is 5.69 Å². The van der Waals surface area contributed by atoms with Gasteiger partial charge in [0.05, 0.1) is 16.3 Å². The first kappa shape index (κ1) is 18.8. The van der Waals surface area contributed by atoms with Gasteiger partial charge in [0, 0.05) is 17.8 Å². The Bertz CT molecular complexity index is 572.